The van der Waals surface area contributed by atoms with E-state index in [4.69, 9.17) is 16.3 Å². The molecule has 0 saturated heterocycles. The van der Waals surface area contributed by atoms with Gasteiger partial charge in [0.2, 0.25) is 0 Å². The molecule has 0 fully saturated rings. The number of rotatable bonds is 9. The second-order valence-electron chi connectivity index (χ2n) is 7.19. The van der Waals surface area contributed by atoms with Gasteiger partial charge in [0.05, 0.1) is 12.2 Å². The Labute approximate surface area is 164 Å². The first-order valence-corrected chi connectivity index (χ1v) is 9.40. The van der Waals surface area contributed by atoms with Gasteiger partial charge in [0, 0.05) is 17.7 Å². The second-order valence-corrected chi connectivity index (χ2v) is 7.49. The van der Waals surface area contributed by atoms with Gasteiger partial charge in [-0.2, -0.15) is 0 Å². The molecule has 0 saturated carbocycles. The van der Waals surface area contributed by atoms with Crippen LogP contribution in [0.15, 0.2) is 48.5 Å². The fourth-order valence-corrected chi connectivity index (χ4v) is 2.93. The van der Waals surface area contributed by atoms with Crippen LogP contribution >= 0.6 is 11.6 Å². The minimum Gasteiger partial charge on any atom is -0.508 e. The molecule has 0 heterocycles. The zero-order valence-corrected chi connectivity index (χ0v) is 16.3. The zero-order chi connectivity index (χ0) is 20.0. The Bertz CT molecular complexity index is 700. The molecular weight excluding hydrogens is 368 g/mol. The number of halogens is 1. The lowest BCUT2D eigenvalue weighted by molar-refractivity contribution is -0.0285. The van der Waals surface area contributed by atoms with Gasteiger partial charge in [-0.1, -0.05) is 38.1 Å². The van der Waals surface area contributed by atoms with Crippen molar-refractivity contribution in [1.82, 2.24) is 0 Å². The molecule has 6 heteroatoms. The minimum absolute atomic E-state index is 0.00289. The normalized spacial score (nSPS) is 15.2. The van der Waals surface area contributed by atoms with Crippen LogP contribution in [-0.4, -0.2) is 51.2 Å². The van der Waals surface area contributed by atoms with Crippen molar-refractivity contribution in [3.63, 3.8) is 0 Å². The molecule has 3 atom stereocenters. The maximum absolute atomic E-state index is 9.93. The van der Waals surface area contributed by atoms with Gasteiger partial charge in [-0.15, -0.1) is 11.6 Å². The fraction of sp³-hybridized carbons (Fsp3) is 0.429. The van der Waals surface area contributed by atoms with Crippen molar-refractivity contribution in [2.75, 3.05) is 12.5 Å². The number of ether oxygens (including phenoxy) is 1. The van der Waals surface area contributed by atoms with Crippen LogP contribution in [0.1, 0.15) is 31.4 Å². The van der Waals surface area contributed by atoms with Crippen LogP contribution in [-0.2, 0) is 5.41 Å². The summed E-state index contributed by atoms with van der Waals surface area (Å²) >= 11 is 5.49. The van der Waals surface area contributed by atoms with E-state index in [9.17, 15) is 20.4 Å². The predicted octanol–water partition coefficient (Wildman–Crippen LogP) is 2.81. The van der Waals surface area contributed by atoms with E-state index in [0.29, 0.717) is 5.75 Å². The molecule has 5 nitrogen and oxygen atoms in total. The summed E-state index contributed by atoms with van der Waals surface area (Å²) in [4.78, 5) is 0. The number of hydrogen-bond donors (Lipinski definition) is 4. The Morgan fingerprint density at radius 1 is 0.889 bits per heavy atom. The molecular formula is C21H27ClO5. The molecule has 0 spiro atoms. The number of aliphatic hydroxyl groups excluding tert-OH is 3. The van der Waals surface area contributed by atoms with Crippen molar-refractivity contribution in [2.24, 2.45) is 0 Å². The molecule has 0 bridgehead atoms. The van der Waals surface area contributed by atoms with E-state index in [1.165, 1.54) is 0 Å². The minimum atomic E-state index is -1.11. The van der Waals surface area contributed by atoms with Crippen LogP contribution in [0.2, 0.25) is 0 Å². The third kappa shape index (κ3) is 5.84. The molecule has 0 aliphatic carbocycles. The molecule has 2 rings (SSSR count). The number of alkyl halides is 1. The van der Waals surface area contributed by atoms with Gasteiger partial charge >= 0.3 is 0 Å². The third-order valence-corrected chi connectivity index (χ3v) is 5.08. The van der Waals surface area contributed by atoms with Crippen LogP contribution < -0.4 is 4.74 Å². The van der Waals surface area contributed by atoms with Gasteiger partial charge in [0.1, 0.15) is 24.2 Å². The van der Waals surface area contributed by atoms with E-state index in [-0.39, 0.29) is 30.1 Å². The van der Waals surface area contributed by atoms with E-state index < -0.39 is 18.3 Å². The van der Waals surface area contributed by atoms with Crippen LogP contribution in [0.25, 0.3) is 0 Å². The monoisotopic (exact) mass is 394 g/mol. The van der Waals surface area contributed by atoms with Crippen molar-refractivity contribution in [3.05, 3.63) is 59.7 Å². The lowest BCUT2D eigenvalue weighted by Gasteiger charge is -2.26. The quantitative estimate of drug-likeness (QED) is 0.491. The lowest BCUT2D eigenvalue weighted by atomic mass is 9.78. The molecule has 0 amide bonds. The highest BCUT2D eigenvalue weighted by molar-refractivity contribution is 6.18. The summed E-state index contributed by atoms with van der Waals surface area (Å²) in [6, 6.07) is 14.6. The van der Waals surface area contributed by atoms with Crippen LogP contribution in [0.3, 0.4) is 0 Å². The maximum atomic E-state index is 9.93. The molecule has 0 aliphatic heterocycles. The molecule has 0 aliphatic rings. The van der Waals surface area contributed by atoms with Crippen molar-refractivity contribution in [3.8, 4) is 11.5 Å². The summed E-state index contributed by atoms with van der Waals surface area (Å²) in [5, 5.41) is 38.6. The average molecular weight is 395 g/mol. The van der Waals surface area contributed by atoms with Crippen LogP contribution in [0, 0.1) is 0 Å². The van der Waals surface area contributed by atoms with E-state index >= 15 is 0 Å². The van der Waals surface area contributed by atoms with Gasteiger partial charge in [-0.3, -0.25) is 0 Å². The highest BCUT2D eigenvalue weighted by atomic mass is 35.5. The molecule has 0 radical (unpaired) electrons. The zero-order valence-electron chi connectivity index (χ0n) is 15.5. The van der Waals surface area contributed by atoms with Crippen molar-refractivity contribution in [1.29, 1.82) is 0 Å². The van der Waals surface area contributed by atoms with Gasteiger partial charge in [-0.25, -0.2) is 0 Å². The first-order valence-electron chi connectivity index (χ1n) is 8.87. The van der Waals surface area contributed by atoms with Crippen LogP contribution in [0.5, 0.6) is 11.5 Å². The summed E-state index contributed by atoms with van der Waals surface area (Å²) < 4.78 is 5.54. The average Bonchev–Trinajstić information content (AvgIpc) is 2.66. The van der Waals surface area contributed by atoms with Crippen molar-refractivity contribution >= 4 is 11.6 Å². The van der Waals surface area contributed by atoms with Crippen LogP contribution in [0.4, 0.5) is 0 Å². The van der Waals surface area contributed by atoms with Gasteiger partial charge in [-0.05, 0) is 35.4 Å². The van der Waals surface area contributed by atoms with Crippen molar-refractivity contribution < 1.29 is 25.2 Å². The van der Waals surface area contributed by atoms with E-state index in [1.54, 1.807) is 12.1 Å². The smallest absolute Gasteiger partial charge is 0.119 e. The lowest BCUT2D eigenvalue weighted by Crippen LogP contribution is -2.35. The maximum Gasteiger partial charge on any atom is 0.119 e. The standard InChI is InChI=1S/C21H27ClO5/c1-21(2,14-3-7-16(23)8-4-14)15-5-9-18(10-6-15)27-13-20(26)19(25)11-17(24)12-22/h3-10,17,19-20,23-26H,11-13H2,1-2H3. The Morgan fingerprint density at radius 3 is 1.93 bits per heavy atom. The van der Waals surface area contributed by atoms with Gasteiger partial charge < -0.3 is 25.2 Å². The number of aromatic hydroxyl groups is 1. The van der Waals surface area contributed by atoms with E-state index in [1.807, 2.05) is 36.4 Å². The number of benzene rings is 2. The second kappa shape index (κ2) is 9.42. The molecule has 2 aromatic carbocycles. The highest BCUT2D eigenvalue weighted by Gasteiger charge is 2.23. The first kappa shape index (κ1) is 21.5. The van der Waals surface area contributed by atoms with E-state index in [2.05, 4.69) is 13.8 Å². The highest BCUT2D eigenvalue weighted by Crippen LogP contribution is 2.33. The number of phenols is 1. The fourth-order valence-electron chi connectivity index (χ4n) is 2.80. The molecule has 2 aromatic rings. The summed E-state index contributed by atoms with van der Waals surface area (Å²) in [6.45, 7) is 4.10. The largest absolute Gasteiger partial charge is 0.508 e. The van der Waals surface area contributed by atoms with Gasteiger partial charge in [0.15, 0.2) is 0 Å². The summed E-state index contributed by atoms with van der Waals surface area (Å²) in [5.41, 5.74) is 1.90. The summed E-state index contributed by atoms with van der Waals surface area (Å²) in [7, 11) is 0. The Kier molecular flexibility index (Phi) is 7.50. The van der Waals surface area contributed by atoms with Gasteiger partial charge in [0.25, 0.3) is 0 Å². The Hall–Kier alpha value is -1.79. The van der Waals surface area contributed by atoms with Crippen molar-refractivity contribution in [2.45, 2.75) is 44.0 Å². The molecule has 148 valence electrons. The first-order chi connectivity index (χ1) is 12.7. The Balaban J connectivity index is 1.97. The third-order valence-electron chi connectivity index (χ3n) is 4.72. The number of aliphatic hydroxyl groups is 3. The SMILES string of the molecule is CC(C)(c1ccc(O)cc1)c1ccc(OCC(O)C(O)CC(O)CCl)cc1. The number of hydrogen-bond acceptors (Lipinski definition) is 5. The topological polar surface area (TPSA) is 90.2 Å². The predicted molar refractivity (Wildman–Crippen MR) is 106 cm³/mol. The molecule has 0 aromatic heterocycles. The Morgan fingerprint density at radius 2 is 1.41 bits per heavy atom. The van der Waals surface area contributed by atoms with E-state index in [0.717, 1.165) is 11.1 Å². The summed E-state index contributed by atoms with van der Waals surface area (Å²) in [6.07, 6.45) is -3.09. The molecule has 3 unspecified atom stereocenters. The molecule has 27 heavy (non-hydrogen) atoms. The number of phenolic OH excluding ortho intramolecular Hbond substituents is 1. The summed E-state index contributed by atoms with van der Waals surface area (Å²) in [5.74, 6) is 0.810. The molecule has 4 N–H and O–H groups in total.